The van der Waals surface area contributed by atoms with Crippen LogP contribution >= 0.6 is 0 Å². The Labute approximate surface area is 158 Å². The first-order valence-corrected chi connectivity index (χ1v) is 8.80. The smallest absolute Gasteiger partial charge is 0.164 e. The Kier molecular flexibility index (Phi) is 4.18. The number of nitrogens with one attached hydrogen (secondary N) is 1. The van der Waals surface area contributed by atoms with Crippen molar-refractivity contribution in [3.8, 4) is 28.5 Å². The Balaban J connectivity index is 1.94. The minimum absolute atomic E-state index is 0.225. The molecule has 1 atom stereocenters. The zero-order chi connectivity index (χ0) is 19.1. The summed E-state index contributed by atoms with van der Waals surface area (Å²) in [5.41, 5.74) is 6.39. The number of hydrogen-bond donors (Lipinski definition) is 1. The summed E-state index contributed by atoms with van der Waals surface area (Å²) in [7, 11) is 4.90. The van der Waals surface area contributed by atoms with Gasteiger partial charge in [0, 0.05) is 22.9 Å². The van der Waals surface area contributed by atoms with Crippen molar-refractivity contribution in [2.45, 2.75) is 20.0 Å². The van der Waals surface area contributed by atoms with E-state index >= 15 is 0 Å². The van der Waals surface area contributed by atoms with Gasteiger partial charge in [0.2, 0.25) is 0 Å². The van der Waals surface area contributed by atoms with Crippen LogP contribution in [0.25, 0.3) is 11.3 Å². The summed E-state index contributed by atoms with van der Waals surface area (Å²) >= 11 is 0. The van der Waals surface area contributed by atoms with Crippen LogP contribution in [0.4, 0.5) is 5.69 Å². The minimum atomic E-state index is -0.225. The van der Waals surface area contributed by atoms with Crippen LogP contribution in [0, 0.1) is 13.8 Å². The lowest BCUT2D eigenvalue weighted by molar-refractivity contribution is 0.345. The largest absolute Gasteiger partial charge is 0.496 e. The van der Waals surface area contributed by atoms with Crippen LogP contribution in [0.2, 0.25) is 0 Å². The quantitative estimate of drug-likeness (QED) is 0.752. The van der Waals surface area contributed by atoms with Crippen LogP contribution in [0.5, 0.6) is 17.2 Å². The van der Waals surface area contributed by atoms with Crippen molar-refractivity contribution in [3.05, 3.63) is 53.2 Å². The van der Waals surface area contributed by atoms with Crippen LogP contribution < -0.4 is 19.5 Å². The molecule has 0 fully saturated rings. The summed E-state index contributed by atoms with van der Waals surface area (Å²) < 4.78 is 18.6. The number of aromatic nitrogens is 2. The third kappa shape index (κ3) is 2.68. The summed E-state index contributed by atoms with van der Waals surface area (Å²) in [5, 5.41) is 8.38. The van der Waals surface area contributed by atoms with Gasteiger partial charge in [-0.2, -0.15) is 5.10 Å². The summed E-state index contributed by atoms with van der Waals surface area (Å²) in [6.45, 7) is 4.11. The SMILES string of the molecule is COc1cc(OC)c([C@@H]2Nc3c(C)cccc3-c3cc(C)nn32)cc1OC. The van der Waals surface area contributed by atoms with Crippen molar-refractivity contribution in [2.24, 2.45) is 0 Å². The average Bonchev–Trinajstić information content (AvgIpc) is 3.08. The van der Waals surface area contributed by atoms with Crippen LogP contribution in [0.1, 0.15) is 23.0 Å². The molecule has 1 N–H and O–H groups in total. The molecule has 0 aliphatic carbocycles. The van der Waals surface area contributed by atoms with Gasteiger partial charge in [-0.15, -0.1) is 0 Å². The molecule has 27 heavy (non-hydrogen) atoms. The average molecular weight is 365 g/mol. The van der Waals surface area contributed by atoms with E-state index in [1.165, 1.54) is 5.56 Å². The zero-order valence-electron chi connectivity index (χ0n) is 16.2. The second-order valence-electron chi connectivity index (χ2n) is 6.61. The van der Waals surface area contributed by atoms with Crippen molar-refractivity contribution in [1.82, 2.24) is 9.78 Å². The van der Waals surface area contributed by atoms with Gasteiger partial charge in [-0.25, -0.2) is 4.68 Å². The molecular weight excluding hydrogens is 342 g/mol. The number of rotatable bonds is 4. The molecule has 6 heteroatoms. The first-order chi connectivity index (χ1) is 13.1. The van der Waals surface area contributed by atoms with E-state index in [-0.39, 0.29) is 6.17 Å². The molecule has 0 spiro atoms. The second-order valence-corrected chi connectivity index (χ2v) is 6.61. The lowest BCUT2D eigenvalue weighted by atomic mass is 10.00. The van der Waals surface area contributed by atoms with Crippen molar-refractivity contribution >= 4 is 5.69 Å². The van der Waals surface area contributed by atoms with Crippen molar-refractivity contribution < 1.29 is 14.2 Å². The molecule has 0 amide bonds. The molecule has 6 nitrogen and oxygen atoms in total. The summed E-state index contributed by atoms with van der Waals surface area (Å²) in [5.74, 6) is 1.99. The van der Waals surface area contributed by atoms with Gasteiger partial charge in [0.15, 0.2) is 17.7 Å². The van der Waals surface area contributed by atoms with E-state index in [4.69, 9.17) is 19.3 Å². The van der Waals surface area contributed by atoms with Crippen molar-refractivity contribution in [2.75, 3.05) is 26.6 Å². The number of aryl methyl sites for hydroxylation is 2. The number of methoxy groups -OCH3 is 3. The van der Waals surface area contributed by atoms with Gasteiger partial charge < -0.3 is 19.5 Å². The monoisotopic (exact) mass is 365 g/mol. The highest BCUT2D eigenvalue weighted by molar-refractivity contribution is 5.81. The summed E-state index contributed by atoms with van der Waals surface area (Å²) in [4.78, 5) is 0. The van der Waals surface area contributed by atoms with E-state index in [1.54, 1.807) is 21.3 Å². The molecule has 1 aromatic heterocycles. The number of nitrogens with zero attached hydrogens (tertiary/aromatic N) is 2. The van der Waals surface area contributed by atoms with Gasteiger partial charge >= 0.3 is 0 Å². The number of hydrogen-bond acceptors (Lipinski definition) is 5. The van der Waals surface area contributed by atoms with Crippen LogP contribution in [0.3, 0.4) is 0 Å². The molecule has 3 aromatic rings. The van der Waals surface area contributed by atoms with E-state index in [0.717, 1.165) is 28.2 Å². The highest BCUT2D eigenvalue weighted by Gasteiger charge is 2.30. The maximum atomic E-state index is 5.66. The zero-order valence-corrected chi connectivity index (χ0v) is 16.2. The molecular formula is C21H23N3O3. The van der Waals surface area contributed by atoms with Gasteiger partial charge in [0.05, 0.1) is 32.7 Å². The Morgan fingerprint density at radius 3 is 2.33 bits per heavy atom. The van der Waals surface area contributed by atoms with E-state index in [9.17, 15) is 0 Å². The molecule has 0 saturated carbocycles. The molecule has 0 saturated heterocycles. The van der Waals surface area contributed by atoms with Crippen LogP contribution in [-0.4, -0.2) is 31.1 Å². The Morgan fingerprint density at radius 1 is 0.926 bits per heavy atom. The number of anilines is 1. The third-order valence-electron chi connectivity index (χ3n) is 4.96. The van der Waals surface area contributed by atoms with Gasteiger partial charge in [-0.05, 0) is 31.5 Å². The predicted molar refractivity (Wildman–Crippen MR) is 105 cm³/mol. The molecule has 0 bridgehead atoms. The fourth-order valence-corrected chi connectivity index (χ4v) is 3.66. The molecule has 1 aliphatic heterocycles. The van der Waals surface area contributed by atoms with Gasteiger partial charge in [0.1, 0.15) is 5.75 Å². The Bertz CT molecular complexity index is 1010. The molecule has 0 unspecified atom stereocenters. The summed E-state index contributed by atoms with van der Waals surface area (Å²) in [6.07, 6.45) is -0.225. The van der Waals surface area contributed by atoms with E-state index in [0.29, 0.717) is 17.2 Å². The number of fused-ring (bicyclic) bond motifs is 3. The molecule has 2 heterocycles. The lowest BCUT2D eigenvalue weighted by Crippen LogP contribution is -2.26. The van der Waals surface area contributed by atoms with Gasteiger partial charge in [0.25, 0.3) is 0 Å². The number of ether oxygens (including phenoxy) is 3. The van der Waals surface area contributed by atoms with E-state index < -0.39 is 0 Å². The lowest BCUT2D eigenvalue weighted by Gasteiger charge is -2.31. The maximum Gasteiger partial charge on any atom is 0.164 e. The topological polar surface area (TPSA) is 57.5 Å². The molecule has 0 radical (unpaired) electrons. The fourth-order valence-electron chi connectivity index (χ4n) is 3.66. The maximum absolute atomic E-state index is 5.66. The molecule has 4 rings (SSSR count). The van der Waals surface area contributed by atoms with Gasteiger partial charge in [-0.3, -0.25) is 0 Å². The normalized spacial score (nSPS) is 14.8. The highest BCUT2D eigenvalue weighted by atomic mass is 16.5. The molecule has 140 valence electrons. The van der Waals surface area contributed by atoms with E-state index in [1.807, 2.05) is 23.7 Å². The first-order valence-electron chi connectivity index (χ1n) is 8.80. The number of para-hydroxylation sites is 1. The van der Waals surface area contributed by atoms with Crippen LogP contribution in [0.15, 0.2) is 36.4 Å². The Morgan fingerprint density at radius 2 is 1.63 bits per heavy atom. The summed E-state index contributed by atoms with van der Waals surface area (Å²) in [6, 6.07) is 12.2. The predicted octanol–water partition coefficient (Wildman–Crippen LogP) is 4.17. The van der Waals surface area contributed by atoms with Gasteiger partial charge in [-0.1, -0.05) is 18.2 Å². The fraction of sp³-hybridized carbons (Fsp3) is 0.286. The third-order valence-corrected chi connectivity index (χ3v) is 4.96. The van der Waals surface area contributed by atoms with Crippen LogP contribution in [-0.2, 0) is 0 Å². The second kappa shape index (κ2) is 6.54. The number of benzene rings is 2. The van der Waals surface area contributed by atoms with Crippen molar-refractivity contribution in [1.29, 1.82) is 0 Å². The highest BCUT2D eigenvalue weighted by Crippen LogP contribution is 2.44. The molecule has 2 aromatic carbocycles. The first kappa shape index (κ1) is 17.3. The molecule has 1 aliphatic rings. The van der Waals surface area contributed by atoms with Crippen molar-refractivity contribution in [3.63, 3.8) is 0 Å². The standard InChI is InChI=1S/C21H23N3O3/c1-12-7-6-8-14-16-9-13(2)23-24(16)21(22-20(12)14)15-10-18(26-4)19(27-5)11-17(15)25-3/h6-11,21-22H,1-5H3/t21-/m1/s1. The van der Waals surface area contributed by atoms with E-state index in [2.05, 4.69) is 36.5 Å². The Hall–Kier alpha value is -3.15. The minimum Gasteiger partial charge on any atom is -0.496 e.